The Morgan fingerprint density at radius 2 is 2.30 bits per heavy atom. The van der Waals surface area contributed by atoms with Crippen LogP contribution in [0.2, 0.25) is 0 Å². The van der Waals surface area contributed by atoms with Crippen LogP contribution in [0.1, 0.15) is 26.2 Å². The molecule has 0 aromatic heterocycles. The molecule has 1 unspecified atom stereocenters. The minimum Gasteiger partial charge on any atom is -0.469 e. The Balaban J connectivity index is 3.12. The van der Waals surface area contributed by atoms with E-state index in [0.29, 0.717) is 11.7 Å². The zero-order chi connectivity index (χ0) is 7.98. The van der Waals surface area contributed by atoms with Gasteiger partial charge in [-0.25, -0.2) is 0 Å². The molecular weight excluding hydrogens is 148 g/mol. The molecule has 1 atom stereocenters. The summed E-state index contributed by atoms with van der Waals surface area (Å²) in [5.41, 5.74) is 0. The molecule has 0 N–H and O–H groups in total. The fraction of sp³-hybridized carbons (Fsp3) is 0.857. The predicted molar refractivity (Wildman–Crippen MR) is 44.3 cm³/mol. The number of ether oxygens (including phenoxy) is 1. The molecule has 2 nitrogen and oxygen atoms in total. The molecule has 0 aromatic rings. The summed E-state index contributed by atoms with van der Waals surface area (Å²) in [5.74, 6) is -0.131. The summed E-state index contributed by atoms with van der Waals surface area (Å²) in [6.07, 6.45) is 2.36. The van der Waals surface area contributed by atoms with Gasteiger partial charge >= 0.3 is 5.97 Å². The Morgan fingerprint density at radius 3 is 2.70 bits per heavy atom. The Kier molecular flexibility index (Phi) is 5.49. The van der Waals surface area contributed by atoms with E-state index in [0.717, 1.165) is 12.8 Å². The Bertz CT molecular complexity index is 102. The van der Waals surface area contributed by atoms with Crippen molar-refractivity contribution in [1.29, 1.82) is 0 Å². The fourth-order valence-corrected chi connectivity index (χ4v) is 0.826. The van der Waals surface area contributed by atoms with Crippen molar-refractivity contribution >= 4 is 18.6 Å². The first-order chi connectivity index (χ1) is 4.66. The third kappa shape index (κ3) is 5.95. The first-order valence-corrected chi connectivity index (χ1v) is 3.93. The van der Waals surface area contributed by atoms with Crippen LogP contribution in [-0.2, 0) is 9.53 Å². The van der Waals surface area contributed by atoms with Gasteiger partial charge in [-0.3, -0.25) is 4.79 Å². The third-order valence-electron chi connectivity index (χ3n) is 1.23. The highest BCUT2D eigenvalue weighted by molar-refractivity contribution is 7.80. The van der Waals surface area contributed by atoms with Gasteiger partial charge in [0.1, 0.15) is 0 Å². The van der Waals surface area contributed by atoms with E-state index in [4.69, 9.17) is 0 Å². The molecular formula is C7H14O2S. The number of hydrogen-bond acceptors (Lipinski definition) is 3. The van der Waals surface area contributed by atoms with Crippen molar-refractivity contribution in [2.24, 2.45) is 0 Å². The first-order valence-electron chi connectivity index (χ1n) is 3.41. The molecule has 0 heterocycles. The molecule has 0 fully saturated rings. The van der Waals surface area contributed by atoms with Gasteiger partial charge in [0.2, 0.25) is 0 Å². The lowest BCUT2D eigenvalue weighted by molar-refractivity contribution is -0.140. The van der Waals surface area contributed by atoms with E-state index in [2.05, 4.69) is 17.4 Å². The van der Waals surface area contributed by atoms with E-state index in [9.17, 15) is 4.79 Å². The van der Waals surface area contributed by atoms with E-state index in [-0.39, 0.29) is 5.97 Å². The monoisotopic (exact) mass is 162 g/mol. The van der Waals surface area contributed by atoms with Crippen LogP contribution in [0.4, 0.5) is 0 Å². The number of carbonyl (C=O) groups is 1. The largest absolute Gasteiger partial charge is 0.469 e. The van der Waals surface area contributed by atoms with Crippen LogP contribution in [0.15, 0.2) is 0 Å². The molecule has 0 amide bonds. The molecule has 0 rings (SSSR count). The minimum absolute atomic E-state index is 0.131. The van der Waals surface area contributed by atoms with Crippen LogP contribution in [0.3, 0.4) is 0 Å². The van der Waals surface area contributed by atoms with Gasteiger partial charge in [-0.15, -0.1) is 0 Å². The molecule has 0 radical (unpaired) electrons. The van der Waals surface area contributed by atoms with Gasteiger partial charge in [-0.05, 0) is 18.1 Å². The number of carbonyl (C=O) groups excluding carboxylic acids is 1. The van der Waals surface area contributed by atoms with Gasteiger partial charge < -0.3 is 4.74 Å². The normalized spacial score (nSPS) is 12.7. The van der Waals surface area contributed by atoms with Crippen LogP contribution < -0.4 is 0 Å². The first kappa shape index (κ1) is 9.82. The van der Waals surface area contributed by atoms with Crippen molar-refractivity contribution in [3.05, 3.63) is 0 Å². The Morgan fingerprint density at radius 1 is 1.70 bits per heavy atom. The smallest absolute Gasteiger partial charge is 0.305 e. The maximum Gasteiger partial charge on any atom is 0.305 e. The average Bonchev–Trinajstić information content (AvgIpc) is 1.87. The zero-order valence-corrected chi connectivity index (χ0v) is 7.36. The number of thiol groups is 1. The highest BCUT2D eigenvalue weighted by Crippen LogP contribution is 2.05. The molecule has 0 aliphatic rings. The minimum atomic E-state index is -0.131. The summed E-state index contributed by atoms with van der Waals surface area (Å²) < 4.78 is 4.47. The topological polar surface area (TPSA) is 26.3 Å². The third-order valence-corrected chi connectivity index (χ3v) is 1.49. The lowest BCUT2D eigenvalue weighted by Gasteiger charge is -2.01. The molecule has 0 saturated carbocycles. The van der Waals surface area contributed by atoms with E-state index in [1.807, 2.05) is 6.92 Å². The Labute approximate surface area is 67.4 Å². The summed E-state index contributed by atoms with van der Waals surface area (Å²) in [6.45, 7) is 2.01. The summed E-state index contributed by atoms with van der Waals surface area (Å²) in [7, 11) is 1.41. The van der Waals surface area contributed by atoms with Crippen LogP contribution in [0, 0.1) is 0 Å². The standard InChI is InChI=1S/C7H14O2S/c1-6(10)4-3-5-7(8)9-2/h6,10H,3-5H2,1-2H3. The molecule has 60 valence electrons. The maximum absolute atomic E-state index is 10.5. The molecule has 0 saturated heterocycles. The van der Waals surface area contributed by atoms with Crippen molar-refractivity contribution in [3.63, 3.8) is 0 Å². The number of esters is 1. The van der Waals surface area contributed by atoms with Gasteiger partial charge in [0, 0.05) is 6.42 Å². The molecule has 0 aliphatic heterocycles. The molecule has 0 spiro atoms. The van der Waals surface area contributed by atoms with Gasteiger partial charge in [-0.2, -0.15) is 12.6 Å². The quantitative estimate of drug-likeness (QED) is 0.502. The lowest BCUT2D eigenvalue weighted by atomic mass is 10.2. The SMILES string of the molecule is COC(=O)CCCC(C)S. The van der Waals surface area contributed by atoms with Crippen LogP contribution >= 0.6 is 12.6 Å². The Hall–Kier alpha value is -0.180. The van der Waals surface area contributed by atoms with Crippen LogP contribution in [0.5, 0.6) is 0 Å². The highest BCUT2D eigenvalue weighted by Gasteiger charge is 2.00. The molecule has 0 bridgehead atoms. The summed E-state index contributed by atoms with van der Waals surface area (Å²) >= 11 is 4.18. The van der Waals surface area contributed by atoms with Crippen LogP contribution in [-0.4, -0.2) is 18.3 Å². The molecule has 3 heteroatoms. The number of rotatable bonds is 4. The van der Waals surface area contributed by atoms with Gasteiger partial charge in [0.25, 0.3) is 0 Å². The molecule has 10 heavy (non-hydrogen) atoms. The average molecular weight is 162 g/mol. The van der Waals surface area contributed by atoms with Gasteiger partial charge in [0.05, 0.1) is 7.11 Å². The van der Waals surface area contributed by atoms with Gasteiger partial charge in [0.15, 0.2) is 0 Å². The van der Waals surface area contributed by atoms with Crippen molar-refractivity contribution in [1.82, 2.24) is 0 Å². The van der Waals surface area contributed by atoms with E-state index >= 15 is 0 Å². The maximum atomic E-state index is 10.5. The number of hydrogen-bond donors (Lipinski definition) is 1. The number of methoxy groups -OCH3 is 1. The predicted octanol–water partition coefficient (Wildman–Crippen LogP) is 1.65. The van der Waals surface area contributed by atoms with Crippen molar-refractivity contribution in [2.75, 3.05) is 7.11 Å². The fourth-order valence-electron chi connectivity index (χ4n) is 0.644. The lowest BCUT2D eigenvalue weighted by Crippen LogP contribution is -2.01. The second-order valence-corrected chi connectivity index (χ2v) is 3.20. The summed E-state index contributed by atoms with van der Waals surface area (Å²) in [5, 5.41) is 0.379. The van der Waals surface area contributed by atoms with E-state index < -0.39 is 0 Å². The zero-order valence-electron chi connectivity index (χ0n) is 6.46. The second kappa shape index (κ2) is 5.59. The highest BCUT2D eigenvalue weighted by atomic mass is 32.1. The summed E-state index contributed by atoms with van der Waals surface area (Å²) in [6, 6.07) is 0. The van der Waals surface area contributed by atoms with E-state index in [1.165, 1.54) is 7.11 Å². The second-order valence-electron chi connectivity index (χ2n) is 2.32. The van der Waals surface area contributed by atoms with Crippen LogP contribution in [0.25, 0.3) is 0 Å². The molecule has 0 aliphatic carbocycles. The summed E-state index contributed by atoms with van der Waals surface area (Å²) in [4.78, 5) is 10.5. The van der Waals surface area contributed by atoms with Gasteiger partial charge in [-0.1, -0.05) is 6.92 Å². The van der Waals surface area contributed by atoms with Crippen molar-refractivity contribution < 1.29 is 9.53 Å². The van der Waals surface area contributed by atoms with E-state index in [1.54, 1.807) is 0 Å². The van der Waals surface area contributed by atoms with Crippen molar-refractivity contribution in [3.8, 4) is 0 Å². The van der Waals surface area contributed by atoms with Crippen molar-refractivity contribution in [2.45, 2.75) is 31.4 Å². The molecule has 0 aromatic carbocycles.